The Morgan fingerprint density at radius 1 is 1.19 bits per heavy atom. The molecule has 1 aromatic heterocycles. The predicted octanol–water partition coefficient (Wildman–Crippen LogP) is 5.38. The van der Waals surface area contributed by atoms with Crippen LogP contribution in [0.4, 0.5) is 4.39 Å². The average Bonchev–Trinajstić information content (AvgIpc) is 2.79. The van der Waals surface area contributed by atoms with E-state index in [2.05, 4.69) is 20.9 Å². The number of hydrogen-bond acceptors (Lipinski definition) is 1. The predicted molar refractivity (Wildman–Crippen MR) is 87.5 cm³/mol. The van der Waals surface area contributed by atoms with E-state index in [1.807, 2.05) is 28.8 Å². The Balaban J connectivity index is 2.11. The van der Waals surface area contributed by atoms with Gasteiger partial charge < -0.3 is 4.57 Å². The van der Waals surface area contributed by atoms with Crippen molar-refractivity contribution in [3.8, 4) is 0 Å². The molecule has 0 spiro atoms. The fraction of sp³-hybridized carbons (Fsp3) is 0.133. The first-order chi connectivity index (χ1) is 10.1. The number of imidazole rings is 1. The van der Waals surface area contributed by atoms with Crippen LogP contribution in [0.2, 0.25) is 5.02 Å². The number of rotatable bonds is 3. The van der Waals surface area contributed by atoms with Crippen LogP contribution in [-0.2, 0) is 12.4 Å². The van der Waals surface area contributed by atoms with Crippen molar-refractivity contribution in [3.63, 3.8) is 0 Å². The number of nitrogens with zero attached hydrogens (tertiary/aromatic N) is 2. The molecular formula is C15H10BrCl2FN2. The number of aromatic nitrogens is 2. The van der Waals surface area contributed by atoms with Crippen LogP contribution in [0.15, 0.2) is 40.9 Å². The van der Waals surface area contributed by atoms with E-state index < -0.39 is 5.82 Å². The molecule has 3 aromatic rings. The third kappa shape index (κ3) is 2.93. The fourth-order valence-electron chi connectivity index (χ4n) is 2.22. The third-order valence-corrected chi connectivity index (χ3v) is 4.30. The quantitative estimate of drug-likeness (QED) is 0.551. The normalized spacial score (nSPS) is 11.2. The van der Waals surface area contributed by atoms with Crippen molar-refractivity contribution >= 4 is 50.2 Å². The molecule has 0 saturated heterocycles. The van der Waals surface area contributed by atoms with Crippen LogP contribution >= 0.6 is 39.1 Å². The van der Waals surface area contributed by atoms with Gasteiger partial charge in [0, 0.05) is 17.1 Å². The van der Waals surface area contributed by atoms with Gasteiger partial charge in [-0.2, -0.15) is 0 Å². The first-order valence-electron chi connectivity index (χ1n) is 6.23. The maximum absolute atomic E-state index is 13.7. The van der Waals surface area contributed by atoms with Gasteiger partial charge in [0.1, 0.15) is 11.6 Å². The molecule has 21 heavy (non-hydrogen) atoms. The standard InChI is InChI=1S/C15H10BrCl2FN2/c16-10-3-1-9(2-4-10)8-21-14-6-12(19)11(18)5-13(14)20-15(21)7-17/h1-6H,7-8H2. The van der Waals surface area contributed by atoms with Gasteiger partial charge in [0.15, 0.2) is 0 Å². The van der Waals surface area contributed by atoms with Gasteiger partial charge >= 0.3 is 0 Å². The third-order valence-electron chi connectivity index (χ3n) is 3.24. The van der Waals surface area contributed by atoms with Gasteiger partial charge in [-0.05, 0) is 23.8 Å². The van der Waals surface area contributed by atoms with Crippen LogP contribution in [0, 0.1) is 5.82 Å². The minimum absolute atomic E-state index is 0.0666. The first-order valence-corrected chi connectivity index (χ1v) is 7.93. The van der Waals surface area contributed by atoms with E-state index in [0.717, 1.165) is 10.0 Å². The highest BCUT2D eigenvalue weighted by atomic mass is 79.9. The zero-order chi connectivity index (χ0) is 15.0. The Kier molecular flexibility index (Phi) is 4.20. The van der Waals surface area contributed by atoms with Crippen molar-refractivity contribution in [2.45, 2.75) is 12.4 Å². The zero-order valence-electron chi connectivity index (χ0n) is 10.8. The molecule has 0 bridgehead atoms. The lowest BCUT2D eigenvalue weighted by Gasteiger charge is -2.08. The number of halogens is 4. The number of hydrogen-bond donors (Lipinski definition) is 0. The lowest BCUT2D eigenvalue weighted by Crippen LogP contribution is -2.03. The lowest BCUT2D eigenvalue weighted by atomic mass is 10.2. The Bertz CT molecular complexity index is 800. The summed E-state index contributed by atoms with van der Waals surface area (Å²) in [5.74, 6) is 0.489. The van der Waals surface area contributed by atoms with Gasteiger partial charge in [0.05, 0.1) is 21.9 Å². The average molecular weight is 388 g/mol. The number of alkyl halides is 1. The van der Waals surface area contributed by atoms with Gasteiger partial charge in [-0.3, -0.25) is 0 Å². The van der Waals surface area contributed by atoms with Crippen molar-refractivity contribution < 1.29 is 4.39 Å². The molecule has 2 aromatic carbocycles. The van der Waals surface area contributed by atoms with Crippen molar-refractivity contribution in [1.82, 2.24) is 9.55 Å². The molecule has 0 amide bonds. The summed E-state index contributed by atoms with van der Waals surface area (Å²) in [4.78, 5) is 4.42. The summed E-state index contributed by atoms with van der Waals surface area (Å²) in [6.45, 7) is 0.576. The summed E-state index contributed by atoms with van der Waals surface area (Å²) in [6, 6.07) is 10.9. The molecule has 3 rings (SSSR count). The van der Waals surface area contributed by atoms with Crippen molar-refractivity contribution in [3.05, 3.63) is 63.1 Å². The summed E-state index contributed by atoms with van der Waals surface area (Å²) < 4.78 is 16.6. The first kappa shape index (κ1) is 14.8. The van der Waals surface area contributed by atoms with E-state index in [0.29, 0.717) is 23.4 Å². The van der Waals surface area contributed by atoms with Gasteiger partial charge in [-0.15, -0.1) is 11.6 Å². The molecule has 0 aliphatic carbocycles. The van der Waals surface area contributed by atoms with Crippen LogP contribution in [0.1, 0.15) is 11.4 Å². The van der Waals surface area contributed by atoms with Crippen molar-refractivity contribution in [2.75, 3.05) is 0 Å². The molecule has 6 heteroatoms. The maximum Gasteiger partial charge on any atom is 0.144 e. The summed E-state index contributed by atoms with van der Waals surface area (Å²) in [7, 11) is 0. The minimum Gasteiger partial charge on any atom is -0.322 e. The monoisotopic (exact) mass is 386 g/mol. The Morgan fingerprint density at radius 3 is 2.57 bits per heavy atom. The van der Waals surface area contributed by atoms with Crippen LogP contribution in [0.3, 0.4) is 0 Å². The highest BCUT2D eigenvalue weighted by molar-refractivity contribution is 9.10. The molecule has 2 nitrogen and oxygen atoms in total. The molecule has 108 valence electrons. The second-order valence-corrected chi connectivity index (χ2v) is 6.22. The summed E-state index contributed by atoms with van der Waals surface area (Å²) in [5, 5.41) is 0.0666. The molecule has 0 aliphatic rings. The molecule has 0 saturated carbocycles. The van der Waals surface area contributed by atoms with Crippen LogP contribution in [0.25, 0.3) is 11.0 Å². The van der Waals surface area contributed by atoms with E-state index >= 15 is 0 Å². The van der Waals surface area contributed by atoms with Crippen LogP contribution in [-0.4, -0.2) is 9.55 Å². The summed E-state index contributed by atoms with van der Waals surface area (Å²) in [5.41, 5.74) is 2.42. The molecule has 0 atom stereocenters. The summed E-state index contributed by atoms with van der Waals surface area (Å²) in [6.07, 6.45) is 0. The fourth-order valence-corrected chi connectivity index (χ4v) is 2.85. The van der Waals surface area contributed by atoms with Gasteiger partial charge in [-0.1, -0.05) is 39.7 Å². The highest BCUT2D eigenvalue weighted by Crippen LogP contribution is 2.25. The molecule has 0 N–H and O–H groups in total. The number of benzene rings is 2. The van der Waals surface area contributed by atoms with E-state index in [9.17, 15) is 4.39 Å². The second kappa shape index (κ2) is 5.95. The lowest BCUT2D eigenvalue weighted by molar-refractivity contribution is 0.628. The van der Waals surface area contributed by atoms with Crippen LogP contribution < -0.4 is 0 Å². The Labute approximate surface area is 139 Å². The van der Waals surface area contributed by atoms with Gasteiger partial charge in [0.2, 0.25) is 0 Å². The minimum atomic E-state index is -0.456. The molecule has 0 aliphatic heterocycles. The van der Waals surface area contributed by atoms with Crippen molar-refractivity contribution in [2.24, 2.45) is 0 Å². The Morgan fingerprint density at radius 2 is 1.90 bits per heavy atom. The topological polar surface area (TPSA) is 17.8 Å². The largest absolute Gasteiger partial charge is 0.322 e. The van der Waals surface area contributed by atoms with E-state index in [-0.39, 0.29) is 10.9 Å². The molecular weight excluding hydrogens is 378 g/mol. The Hall–Kier alpha value is -1.10. The van der Waals surface area contributed by atoms with E-state index in [4.69, 9.17) is 23.2 Å². The van der Waals surface area contributed by atoms with Crippen molar-refractivity contribution in [1.29, 1.82) is 0 Å². The maximum atomic E-state index is 13.7. The molecule has 1 heterocycles. The summed E-state index contributed by atoms with van der Waals surface area (Å²) >= 11 is 15.2. The molecule has 0 radical (unpaired) electrons. The van der Waals surface area contributed by atoms with Gasteiger partial charge in [-0.25, -0.2) is 9.37 Å². The molecule has 0 fully saturated rings. The van der Waals surface area contributed by atoms with E-state index in [1.165, 1.54) is 12.1 Å². The number of fused-ring (bicyclic) bond motifs is 1. The highest BCUT2D eigenvalue weighted by Gasteiger charge is 2.13. The second-order valence-electron chi connectivity index (χ2n) is 4.63. The van der Waals surface area contributed by atoms with E-state index in [1.54, 1.807) is 0 Å². The zero-order valence-corrected chi connectivity index (χ0v) is 13.9. The molecule has 0 unspecified atom stereocenters. The SMILES string of the molecule is Fc1cc2c(cc1Cl)nc(CCl)n2Cc1ccc(Br)cc1. The smallest absolute Gasteiger partial charge is 0.144 e. The van der Waals surface area contributed by atoms with Crippen LogP contribution in [0.5, 0.6) is 0 Å². The van der Waals surface area contributed by atoms with Gasteiger partial charge in [0.25, 0.3) is 0 Å².